The van der Waals surface area contributed by atoms with Crippen molar-refractivity contribution in [1.29, 1.82) is 0 Å². The summed E-state index contributed by atoms with van der Waals surface area (Å²) in [5.41, 5.74) is 2.98. The zero-order valence-corrected chi connectivity index (χ0v) is 11.7. The molecule has 2 nitrogen and oxygen atoms in total. The number of pyridine rings is 1. The summed E-state index contributed by atoms with van der Waals surface area (Å²) in [4.78, 5) is 4.50. The van der Waals surface area contributed by atoms with E-state index >= 15 is 0 Å². The first-order valence-electron chi connectivity index (χ1n) is 7.54. The van der Waals surface area contributed by atoms with Crippen LogP contribution in [0.1, 0.15) is 43.8 Å². The van der Waals surface area contributed by atoms with Crippen molar-refractivity contribution in [2.45, 2.75) is 38.2 Å². The van der Waals surface area contributed by atoms with Crippen molar-refractivity contribution in [3.05, 3.63) is 54.2 Å². The molecule has 0 radical (unpaired) electrons. The first-order chi connectivity index (χ1) is 9.86. The van der Waals surface area contributed by atoms with Gasteiger partial charge in [0.05, 0.1) is 11.8 Å². The standard InChI is InChI=1S/C18H21NO/c20-18(15-10-5-2-6-11-15)16-12-7-13-19-17(16)14-8-3-1-4-9-14/h1,3-4,7-9,12-13,15,18,20H,2,5-6,10-11H2. The average molecular weight is 267 g/mol. The van der Waals surface area contributed by atoms with Gasteiger partial charge in [0.1, 0.15) is 0 Å². The monoisotopic (exact) mass is 267 g/mol. The van der Waals surface area contributed by atoms with Gasteiger partial charge in [-0.25, -0.2) is 0 Å². The minimum atomic E-state index is -0.390. The van der Waals surface area contributed by atoms with Gasteiger partial charge in [0.15, 0.2) is 0 Å². The van der Waals surface area contributed by atoms with Crippen LogP contribution in [0, 0.1) is 5.92 Å². The van der Waals surface area contributed by atoms with Gasteiger partial charge in [-0.15, -0.1) is 0 Å². The molecule has 0 saturated heterocycles. The molecule has 0 amide bonds. The lowest BCUT2D eigenvalue weighted by atomic mass is 9.82. The molecule has 1 unspecified atom stereocenters. The van der Waals surface area contributed by atoms with Crippen molar-refractivity contribution in [3.8, 4) is 11.3 Å². The fourth-order valence-corrected chi connectivity index (χ4v) is 3.20. The molecule has 0 aliphatic heterocycles. The van der Waals surface area contributed by atoms with Crippen LogP contribution < -0.4 is 0 Å². The Morgan fingerprint density at radius 3 is 2.45 bits per heavy atom. The normalized spacial score (nSPS) is 17.9. The summed E-state index contributed by atoms with van der Waals surface area (Å²) in [6.07, 6.45) is 7.46. The highest BCUT2D eigenvalue weighted by molar-refractivity contribution is 5.63. The molecule has 104 valence electrons. The lowest BCUT2D eigenvalue weighted by Crippen LogP contribution is -2.17. The molecule has 1 aromatic heterocycles. The van der Waals surface area contributed by atoms with Crippen LogP contribution in [0.15, 0.2) is 48.7 Å². The maximum absolute atomic E-state index is 10.7. The number of benzene rings is 1. The third kappa shape index (κ3) is 2.75. The summed E-state index contributed by atoms with van der Waals surface area (Å²) >= 11 is 0. The first kappa shape index (κ1) is 13.3. The van der Waals surface area contributed by atoms with E-state index in [4.69, 9.17) is 0 Å². The number of rotatable bonds is 3. The Bertz CT molecular complexity index is 546. The molecule has 1 aliphatic rings. The van der Waals surface area contributed by atoms with E-state index < -0.39 is 0 Å². The van der Waals surface area contributed by atoms with Crippen LogP contribution in [0.2, 0.25) is 0 Å². The molecule has 0 spiro atoms. The number of hydrogen-bond acceptors (Lipinski definition) is 2. The van der Waals surface area contributed by atoms with Gasteiger partial charge in [-0.05, 0) is 24.8 Å². The molecule has 2 heteroatoms. The highest BCUT2D eigenvalue weighted by Crippen LogP contribution is 2.37. The third-order valence-corrected chi connectivity index (χ3v) is 4.30. The SMILES string of the molecule is OC(c1cccnc1-c1ccccc1)C1CCCCC1. The van der Waals surface area contributed by atoms with Crippen LogP contribution in [0.5, 0.6) is 0 Å². The fourth-order valence-electron chi connectivity index (χ4n) is 3.20. The van der Waals surface area contributed by atoms with Crippen molar-refractivity contribution in [2.24, 2.45) is 5.92 Å². The zero-order chi connectivity index (χ0) is 13.8. The van der Waals surface area contributed by atoms with Crippen molar-refractivity contribution >= 4 is 0 Å². The number of hydrogen-bond donors (Lipinski definition) is 1. The van der Waals surface area contributed by atoms with Crippen LogP contribution in [0.3, 0.4) is 0 Å². The van der Waals surface area contributed by atoms with Crippen molar-refractivity contribution in [1.82, 2.24) is 4.98 Å². The highest BCUT2D eigenvalue weighted by Gasteiger charge is 2.25. The summed E-state index contributed by atoms with van der Waals surface area (Å²) in [5, 5.41) is 10.7. The van der Waals surface area contributed by atoms with E-state index in [2.05, 4.69) is 17.1 Å². The summed E-state index contributed by atoms with van der Waals surface area (Å²) < 4.78 is 0. The van der Waals surface area contributed by atoms with Gasteiger partial charge in [0.2, 0.25) is 0 Å². The molecule has 1 fully saturated rings. The van der Waals surface area contributed by atoms with Gasteiger partial charge >= 0.3 is 0 Å². The minimum absolute atomic E-state index is 0.385. The minimum Gasteiger partial charge on any atom is -0.388 e. The quantitative estimate of drug-likeness (QED) is 0.896. The Morgan fingerprint density at radius 1 is 0.950 bits per heavy atom. The van der Waals surface area contributed by atoms with Crippen LogP contribution in [0.25, 0.3) is 11.3 Å². The van der Waals surface area contributed by atoms with Crippen molar-refractivity contribution in [2.75, 3.05) is 0 Å². The lowest BCUT2D eigenvalue weighted by Gasteiger charge is -2.27. The second-order valence-corrected chi connectivity index (χ2v) is 5.65. The van der Waals surface area contributed by atoms with Crippen molar-refractivity contribution < 1.29 is 5.11 Å². The molecule has 2 aromatic rings. The Kier molecular flexibility index (Phi) is 4.12. The van der Waals surface area contributed by atoms with E-state index in [0.717, 1.165) is 29.7 Å². The molecule has 1 N–H and O–H groups in total. The third-order valence-electron chi connectivity index (χ3n) is 4.30. The number of aliphatic hydroxyl groups excluding tert-OH is 1. The molecule has 1 heterocycles. The Balaban J connectivity index is 1.93. The van der Waals surface area contributed by atoms with Crippen LogP contribution >= 0.6 is 0 Å². The first-order valence-corrected chi connectivity index (χ1v) is 7.54. The maximum atomic E-state index is 10.7. The van der Waals surface area contributed by atoms with E-state index in [1.807, 2.05) is 30.3 Å². The summed E-state index contributed by atoms with van der Waals surface area (Å²) in [6, 6.07) is 14.1. The number of nitrogens with zero attached hydrogens (tertiary/aromatic N) is 1. The average Bonchev–Trinajstić information content (AvgIpc) is 2.56. The van der Waals surface area contributed by atoms with Crippen LogP contribution in [-0.4, -0.2) is 10.1 Å². The Hall–Kier alpha value is -1.67. The topological polar surface area (TPSA) is 33.1 Å². The molecule has 1 aromatic carbocycles. The molecular formula is C18H21NO. The van der Waals surface area contributed by atoms with E-state index in [9.17, 15) is 5.11 Å². The highest BCUT2D eigenvalue weighted by atomic mass is 16.3. The van der Waals surface area contributed by atoms with E-state index in [-0.39, 0.29) is 6.10 Å². The second kappa shape index (κ2) is 6.19. The van der Waals surface area contributed by atoms with E-state index in [1.165, 1.54) is 19.3 Å². The summed E-state index contributed by atoms with van der Waals surface area (Å²) in [5.74, 6) is 0.385. The van der Waals surface area contributed by atoms with Gasteiger partial charge in [-0.1, -0.05) is 55.7 Å². The molecule has 3 rings (SSSR count). The molecule has 1 atom stereocenters. The van der Waals surface area contributed by atoms with Gasteiger partial charge in [-0.2, -0.15) is 0 Å². The van der Waals surface area contributed by atoms with Crippen LogP contribution in [0.4, 0.5) is 0 Å². The van der Waals surface area contributed by atoms with Gasteiger partial charge < -0.3 is 5.11 Å². The zero-order valence-electron chi connectivity index (χ0n) is 11.7. The fraction of sp³-hybridized carbons (Fsp3) is 0.389. The molecule has 1 aliphatic carbocycles. The second-order valence-electron chi connectivity index (χ2n) is 5.65. The smallest absolute Gasteiger partial charge is 0.0839 e. The van der Waals surface area contributed by atoms with Gasteiger partial charge in [-0.3, -0.25) is 4.98 Å². The van der Waals surface area contributed by atoms with Crippen molar-refractivity contribution in [3.63, 3.8) is 0 Å². The Labute approximate surface area is 120 Å². The predicted octanol–water partition coefficient (Wildman–Crippen LogP) is 4.36. The molecule has 0 bridgehead atoms. The van der Waals surface area contributed by atoms with Gasteiger partial charge in [0, 0.05) is 17.3 Å². The summed E-state index contributed by atoms with van der Waals surface area (Å²) in [7, 11) is 0. The number of aliphatic hydroxyl groups is 1. The largest absolute Gasteiger partial charge is 0.388 e. The predicted molar refractivity (Wildman–Crippen MR) is 81.2 cm³/mol. The molecule has 20 heavy (non-hydrogen) atoms. The molecular weight excluding hydrogens is 246 g/mol. The molecule has 1 saturated carbocycles. The van der Waals surface area contributed by atoms with Crippen LogP contribution in [-0.2, 0) is 0 Å². The van der Waals surface area contributed by atoms with Gasteiger partial charge in [0.25, 0.3) is 0 Å². The lowest BCUT2D eigenvalue weighted by molar-refractivity contribution is 0.0850. The van der Waals surface area contributed by atoms with E-state index in [1.54, 1.807) is 6.20 Å². The number of aromatic nitrogens is 1. The van der Waals surface area contributed by atoms with E-state index in [0.29, 0.717) is 5.92 Å². The summed E-state index contributed by atoms with van der Waals surface area (Å²) in [6.45, 7) is 0. The maximum Gasteiger partial charge on any atom is 0.0839 e. The Morgan fingerprint density at radius 2 is 1.70 bits per heavy atom.